The molecular formula is C11H14N2O2S. The molecule has 2 rings (SSSR count). The lowest BCUT2D eigenvalue weighted by atomic mass is 10.2. The molecule has 5 heteroatoms. The van der Waals surface area contributed by atoms with Gasteiger partial charge in [-0.3, -0.25) is 4.79 Å². The molecular weight excluding hydrogens is 224 g/mol. The lowest BCUT2D eigenvalue weighted by Crippen LogP contribution is -2.30. The third kappa shape index (κ3) is 2.31. The number of ether oxygens (including phenoxy) is 1. The molecule has 0 atom stereocenters. The molecule has 0 radical (unpaired) electrons. The average molecular weight is 238 g/mol. The molecule has 1 heterocycles. The largest absolute Gasteiger partial charge is 0.398 e. The molecule has 16 heavy (non-hydrogen) atoms. The van der Waals surface area contributed by atoms with Gasteiger partial charge in [0, 0.05) is 23.2 Å². The summed E-state index contributed by atoms with van der Waals surface area (Å²) in [6, 6.07) is 5.39. The van der Waals surface area contributed by atoms with Crippen LogP contribution < -0.4 is 11.1 Å². The fourth-order valence-corrected chi connectivity index (χ4v) is 2.43. The second-order valence-electron chi connectivity index (χ2n) is 3.61. The predicted molar refractivity (Wildman–Crippen MR) is 64.7 cm³/mol. The molecule has 0 spiro atoms. The number of amides is 1. The first-order chi connectivity index (χ1) is 7.70. The van der Waals surface area contributed by atoms with Crippen LogP contribution in [0, 0.1) is 0 Å². The highest BCUT2D eigenvalue weighted by atomic mass is 32.2. The van der Waals surface area contributed by atoms with Crippen molar-refractivity contribution in [1.29, 1.82) is 0 Å². The van der Waals surface area contributed by atoms with E-state index in [1.54, 1.807) is 30.9 Å². The Balaban J connectivity index is 2.12. The Kier molecular flexibility index (Phi) is 3.36. The summed E-state index contributed by atoms with van der Waals surface area (Å²) in [6.45, 7) is 1.56. The van der Waals surface area contributed by atoms with E-state index in [-0.39, 0.29) is 5.91 Å². The molecule has 0 aromatic heterocycles. The van der Waals surface area contributed by atoms with Crippen LogP contribution in [0.3, 0.4) is 0 Å². The van der Waals surface area contributed by atoms with Gasteiger partial charge in [0.05, 0.1) is 18.5 Å². The molecule has 1 aromatic carbocycles. The maximum Gasteiger partial charge on any atom is 0.251 e. The topological polar surface area (TPSA) is 64.3 Å². The minimum atomic E-state index is -0.116. The SMILES string of the molecule is CNC(=O)c1ccc(SC2COC2)c(N)c1. The van der Waals surface area contributed by atoms with Gasteiger partial charge in [0.15, 0.2) is 0 Å². The third-order valence-corrected chi connectivity index (χ3v) is 3.63. The van der Waals surface area contributed by atoms with Crippen LogP contribution in [0.25, 0.3) is 0 Å². The summed E-state index contributed by atoms with van der Waals surface area (Å²) in [7, 11) is 1.60. The number of thioether (sulfide) groups is 1. The van der Waals surface area contributed by atoms with Crippen LogP contribution in [-0.2, 0) is 4.74 Å². The first kappa shape index (κ1) is 11.3. The van der Waals surface area contributed by atoms with Gasteiger partial charge < -0.3 is 15.8 Å². The fourth-order valence-electron chi connectivity index (χ4n) is 1.40. The lowest BCUT2D eigenvalue weighted by Gasteiger charge is -2.25. The standard InChI is InChI=1S/C11H14N2O2S/c1-13-11(14)7-2-3-10(9(12)4-7)16-8-5-15-6-8/h2-4,8H,5-6,12H2,1H3,(H,13,14). The van der Waals surface area contributed by atoms with Crippen molar-refractivity contribution in [2.45, 2.75) is 10.1 Å². The summed E-state index contributed by atoms with van der Waals surface area (Å²) in [4.78, 5) is 12.4. The van der Waals surface area contributed by atoms with Crippen LogP contribution in [0.1, 0.15) is 10.4 Å². The summed E-state index contributed by atoms with van der Waals surface area (Å²) in [5.41, 5.74) is 7.14. The van der Waals surface area contributed by atoms with E-state index >= 15 is 0 Å². The highest BCUT2D eigenvalue weighted by Crippen LogP contribution is 2.32. The molecule has 1 amide bonds. The summed E-state index contributed by atoms with van der Waals surface area (Å²) in [5.74, 6) is -0.116. The monoisotopic (exact) mass is 238 g/mol. The Labute approximate surface area is 98.5 Å². The van der Waals surface area contributed by atoms with Crippen LogP contribution in [0.15, 0.2) is 23.1 Å². The average Bonchev–Trinajstić information content (AvgIpc) is 2.23. The van der Waals surface area contributed by atoms with Crippen molar-refractivity contribution in [3.05, 3.63) is 23.8 Å². The van der Waals surface area contributed by atoms with Crippen LogP contribution in [0.2, 0.25) is 0 Å². The van der Waals surface area contributed by atoms with Gasteiger partial charge in [0.2, 0.25) is 0 Å². The molecule has 0 aliphatic carbocycles. The van der Waals surface area contributed by atoms with E-state index in [0.717, 1.165) is 18.1 Å². The predicted octanol–water partition coefficient (Wildman–Crippen LogP) is 1.12. The van der Waals surface area contributed by atoms with E-state index in [2.05, 4.69) is 5.32 Å². The van der Waals surface area contributed by atoms with Gasteiger partial charge in [0.25, 0.3) is 5.91 Å². The number of nitrogens with two attached hydrogens (primary N) is 1. The molecule has 1 aliphatic rings. The van der Waals surface area contributed by atoms with Crippen LogP contribution in [0.5, 0.6) is 0 Å². The molecule has 1 aromatic rings. The third-order valence-electron chi connectivity index (χ3n) is 2.40. The summed E-state index contributed by atoms with van der Waals surface area (Å²) >= 11 is 1.70. The molecule has 1 aliphatic heterocycles. The van der Waals surface area contributed by atoms with Crippen molar-refractivity contribution in [1.82, 2.24) is 5.32 Å². The zero-order valence-electron chi connectivity index (χ0n) is 9.03. The van der Waals surface area contributed by atoms with Gasteiger partial charge in [0.1, 0.15) is 0 Å². The Morgan fingerprint density at radius 3 is 2.81 bits per heavy atom. The molecule has 4 nitrogen and oxygen atoms in total. The number of hydrogen-bond acceptors (Lipinski definition) is 4. The normalized spacial score (nSPS) is 15.6. The number of carbonyl (C=O) groups excluding carboxylic acids is 1. The van der Waals surface area contributed by atoms with Gasteiger partial charge in [-0.05, 0) is 18.2 Å². The Morgan fingerprint density at radius 1 is 1.56 bits per heavy atom. The number of carbonyl (C=O) groups is 1. The first-order valence-corrected chi connectivity index (χ1v) is 5.94. The van der Waals surface area contributed by atoms with E-state index in [9.17, 15) is 4.79 Å². The van der Waals surface area contributed by atoms with Gasteiger partial charge >= 0.3 is 0 Å². The van der Waals surface area contributed by atoms with E-state index < -0.39 is 0 Å². The summed E-state index contributed by atoms with van der Waals surface area (Å²) < 4.78 is 5.10. The van der Waals surface area contributed by atoms with Crippen LogP contribution in [0.4, 0.5) is 5.69 Å². The number of anilines is 1. The van der Waals surface area contributed by atoms with Crippen molar-refractivity contribution in [3.63, 3.8) is 0 Å². The minimum Gasteiger partial charge on any atom is -0.398 e. The zero-order valence-corrected chi connectivity index (χ0v) is 9.84. The van der Waals surface area contributed by atoms with Crippen LogP contribution in [-0.4, -0.2) is 31.4 Å². The fraction of sp³-hybridized carbons (Fsp3) is 0.364. The van der Waals surface area contributed by atoms with Gasteiger partial charge in [-0.25, -0.2) is 0 Å². The van der Waals surface area contributed by atoms with Crippen molar-refractivity contribution in [2.24, 2.45) is 0 Å². The molecule has 0 unspecified atom stereocenters. The number of nitrogen functional groups attached to an aromatic ring is 1. The minimum absolute atomic E-state index is 0.116. The number of hydrogen-bond donors (Lipinski definition) is 2. The molecule has 1 saturated heterocycles. The maximum atomic E-state index is 11.4. The quantitative estimate of drug-likeness (QED) is 0.775. The van der Waals surface area contributed by atoms with Gasteiger partial charge in [-0.15, -0.1) is 11.8 Å². The Bertz CT molecular complexity index is 405. The second kappa shape index (κ2) is 4.76. The van der Waals surface area contributed by atoms with E-state index in [4.69, 9.17) is 10.5 Å². The van der Waals surface area contributed by atoms with E-state index in [1.165, 1.54) is 0 Å². The van der Waals surface area contributed by atoms with Crippen molar-refractivity contribution >= 4 is 23.4 Å². The molecule has 0 saturated carbocycles. The highest BCUT2D eigenvalue weighted by Gasteiger charge is 2.20. The summed E-state index contributed by atoms with van der Waals surface area (Å²) in [6.07, 6.45) is 0. The molecule has 1 fully saturated rings. The smallest absolute Gasteiger partial charge is 0.251 e. The van der Waals surface area contributed by atoms with Crippen molar-refractivity contribution < 1.29 is 9.53 Å². The Hall–Kier alpha value is -1.20. The highest BCUT2D eigenvalue weighted by molar-refractivity contribution is 8.00. The number of benzene rings is 1. The lowest BCUT2D eigenvalue weighted by molar-refractivity contribution is 0.0455. The number of nitrogens with one attached hydrogen (secondary N) is 1. The first-order valence-electron chi connectivity index (χ1n) is 5.06. The second-order valence-corrected chi connectivity index (χ2v) is 4.95. The Morgan fingerprint density at radius 2 is 2.31 bits per heavy atom. The van der Waals surface area contributed by atoms with Gasteiger partial charge in [-0.1, -0.05) is 0 Å². The maximum absolute atomic E-state index is 11.4. The molecule has 3 N–H and O–H groups in total. The number of rotatable bonds is 3. The molecule has 0 bridgehead atoms. The van der Waals surface area contributed by atoms with Crippen molar-refractivity contribution in [3.8, 4) is 0 Å². The van der Waals surface area contributed by atoms with E-state index in [0.29, 0.717) is 16.5 Å². The summed E-state index contributed by atoms with van der Waals surface area (Å²) in [5, 5.41) is 3.06. The van der Waals surface area contributed by atoms with Crippen molar-refractivity contribution in [2.75, 3.05) is 26.0 Å². The van der Waals surface area contributed by atoms with Gasteiger partial charge in [-0.2, -0.15) is 0 Å². The molecule has 86 valence electrons. The van der Waals surface area contributed by atoms with Crippen LogP contribution >= 0.6 is 11.8 Å². The van der Waals surface area contributed by atoms with E-state index in [1.807, 2.05) is 6.07 Å². The zero-order chi connectivity index (χ0) is 11.5.